The van der Waals surface area contributed by atoms with E-state index < -0.39 is 5.60 Å². The molecule has 106 valence electrons. The van der Waals surface area contributed by atoms with Crippen molar-refractivity contribution in [3.63, 3.8) is 0 Å². The summed E-state index contributed by atoms with van der Waals surface area (Å²) in [4.78, 5) is 11.8. The summed E-state index contributed by atoms with van der Waals surface area (Å²) in [6.45, 7) is 4.01. The van der Waals surface area contributed by atoms with Gasteiger partial charge in [0.05, 0.1) is 11.6 Å². The van der Waals surface area contributed by atoms with Crippen molar-refractivity contribution >= 4 is 17.8 Å². The third-order valence-corrected chi connectivity index (χ3v) is 4.43. The zero-order valence-corrected chi connectivity index (χ0v) is 12.0. The van der Waals surface area contributed by atoms with Crippen LogP contribution in [-0.2, 0) is 0 Å². The number of hydrogen-bond donors (Lipinski definition) is 3. The second kappa shape index (κ2) is 5.88. The number of amides is 2. The first-order valence-corrected chi connectivity index (χ1v) is 7.55. The van der Waals surface area contributed by atoms with Crippen LogP contribution < -0.4 is 10.6 Å². The van der Waals surface area contributed by atoms with Crippen LogP contribution in [0.2, 0.25) is 0 Å². The number of furan rings is 1. The SMILES string of the molecule is Cc1ccc(C(C)NC(=O)NCC2(O)CCSC2)o1. The van der Waals surface area contributed by atoms with Gasteiger partial charge < -0.3 is 20.2 Å². The molecule has 3 N–H and O–H groups in total. The number of rotatable bonds is 4. The van der Waals surface area contributed by atoms with Crippen molar-refractivity contribution in [3.05, 3.63) is 23.7 Å². The Morgan fingerprint density at radius 1 is 1.63 bits per heavy atom. The summed E-state index contributed by atoms with van der Waals surface area (Å²) in [6.07, 6.45) is 0.727. The molecule has 0 radical (unpaired) electrons. The van der Waals surface area contributed by atoms with Crippen LogP contribution in [0.5, 0.6) is 0 Å². The van der Waals surface area contributed by atoms with Crippen molar-refractivity contribution in [2.75, 3.05) is 18.1 Å². The van der Waals surface area contributed by atoms with E-state index in [2.05, 4.69) is 10.6 Å². The molecule has 1 aliphatic heterocycles. The minimum absolute atomic E-state index is 0.193. The molecule has 1 aromatic rings. The first-order valence-electron chi connectivity index (χ1n) is 6.39. The molecule has 0 aromatic carbocycles. The predicted molar refractivity (Wildman–Crippen MR) is 75.3 cm³/mol. The summed E-state index contributed by atoms with van der Waals surface area (Å²) in [5.41, 5.74) is -0.757. The van der Waals surface area contributed by atoms with Crippen molar-refractivity contribution in [1.82, 2.24) is 10.6 Å². The average molecular weight is 284 g/mol. The fraction of sp³-hybridized carbons (Fsp3) is 0.615. The molecule has 19 heavy (non-hydrogen) atoms. The minimum atomic E-state index is -0.757. The molecule has 2 atom stereocenters. The van der Waals surface area contributed by atoms with Gasteiger partial charge in [0, 0.05) is 12.3 Å². The largest absolute Gasteiger partial charge is 0.464 e. The Morgan fingerprint density at radius 3 is 3.00 bits per heavy atom. The minimum Gasteiger partial charge on any atom is -0.464 e. The van der Waals surface area contributed by atoms with E-state index in [0.29, 0.717) is 5.75 Å². The van der Waals surface area contributed by atoms with Crippen LogP contribution in [0.3, 0.4) is 0 Å². The number of nitrogens with one attached hydrogen (secondary N) is 2. The van der Waals surface area contributed by atoms with Crippen LogP contribution in [0.25, 0.3) is 0 Å². The second-order valence-electron chi connectivity index (χ2n) is 5.02. The van der Waals surface area contributed by atoms with Crippen LogP contribution >= 0.6 is 11.8 Å². The molecule has 2 unspecified atom stereocenters. The van der Waals surface area contributed by atoms with E-state index in [9.17, 15) is 9.90 Å². The lowest BCUT2D eigenvalue weighted by Crippen LogP contribution is -2.46. The molecule has 0 saturated carbocycles. The van der Waals surface area contributed by atoms with Crippen LogP contribution in [-0.4, -0.2) is 34.8 Å². The Hall–Kier alpha value is -1.14. The van der Waals surface area contributed by atoms with Gasteiger partial charge in [-0.15, -0.1) is 0 Å². The first kappa shape index (κ1) is 14.3. The maximum Gasteiger partial charge on any atom is 0.315 e. The summed E-state index contributed by atoms with van der Waals surface area (Å²) in [7, 11) is 0. The van der Waals surface area contributed by atoms with Gasteiger partial charge in [0.2, 0.25) is 0 Å². The third kappa shape index (κ3) is 3.91. The van der Waals surface area contributed by atoms with E-state index in [1.54, 1.807) is 11.8 Å². The van der Waals surface area contributed by atoms with E-state index in [0.717, 1.165) is 23.7 Å². The highest BCUT2D eigenvalue weighted by Crippen LogP contribution is 2.26. The molecule has 5 nitrogen and oxygen atoms in total. The number of thioether (sulfide) groups is 1. The Morgan fingerprint density at radius 2 is 2.42 bits per heavy atom. The van der Waals surface area contributed by atoms with Crippen LogP contribution in [0.15, 0.2) is 16.5 Å². The molecular formula is C13H20N2O3S. The average Bonchev–Trinajstić information content (AvgIpc) is 2.96. The third-order valence-electron chi connectivity index (χ3n) is 3.20. The monoisotopic (exact) mass is 284 g/mol. The van der Waals surface area contributed by atoms with Crippen LogP contribution in [0, 0.1) is 6.92 Å². The maximum atomic E-state index is 11.8. The molecule has 6 heteroatoms. The summed E-state index contributed by atoms with van der Waals surface area (Å²) in [5.74, 6) is 3.17. The zero-order chi connectivity index (χ0) is 13.9. The molecule has 1 saturated heterocycles. The van der Waals surface area contributed by atoms with Crippen LogP contribution in [0.1, 0.15) is 30.9 Å². The highest BCUT2D eigenvalue weighted by Gasteiger charge is 2.32. The van der Waals surface area contributed by atoms with Crippen molar-refractivity contribution in [3.8, 4) is 0 Å². The smallest absolute Gasteiger partial charge is 0.315 e. The van der Waals surface area contributed by atoms with E-state index in [1.807, 2.05) is 26.0 Å². The van der Waals surface area contributed by atoms with Gasteiger partial charge in [-0.3, -0.25) is 0 Å². The van der Waals surface area contributed by atoms with Crippen molar-refractivity contribution in [1.29, 1.82) is 0 Å². The molecule has 2 rings (SSSR count). The normalized spacial score (nSPS) is 24.2. The lowest BCUT2D eigenvalue weighted by atomic mass is 10.0. The molecule has 0 aliphatic carbocycles. The Balaban J connectivity index is 1.78. The van der Waals surface area contributed by atoms with E-state index in [-0.39, 0.29) is 18.6 Å². The zero-order valence-electron chi connectivity index (χ0n) is 11.2. The first-order chi connectivity index (χ1) is 8.98. The lowest BCUT2D eigenvalue weighted by molar-refractivity contribution is 0.0698. The van der Waals surface area contributed by atoms with Crippen molar-refractivity contribution in [2.45, 2.75) is 31.9 Å². The molecule has 0 spiro atoms. The molecule has 1 fully saturated rings. The number of hydrogen-bond acceptors (Lipinski definition) is 4. The molecule has 2 amide bonds. The summed E-state index contributed by atoms with van der Waals surface area (Å²) >= 11 is 1.71. The van der Waals surface area contributed by atoms with E-state index in [1.165, 1.54) is 0 Å². The summed E-state index contributed by atoms with van der Waals surface area (Å²) < 4.78 is 5.45. The molecule has 0 bridgehead atoms. The Labute approximate surface area is 117 Å². The van der Waals surface area contributed by atoms with Crippen molar-refractivity contribution in [2.24, 2.45) is 0 Å². The molecule has 2 heterocycles. The standard InChI is InChI=1S/C13H20N2O3S/c1-9-3-4-11(18-9)10(2)15-12(16)14-7-13(17)5-6-19-8-13/h3-4,10,17H,5-8H2,1-2H3,(H2,14,15,16). The van der Waals surface area contributed by atoms with Gasteiger partial charge in [-0.2, -0.15) is 11.8 Å². The maximum absolute atomic E-state index is 11.8. The highest BCUT2D eigenvalue weighted by atomic mass is 32.2. The number of carbonyl (C=O) groups is 1. The van der Waals surface area contributed by atoms with E-state index >= 15 is 0 Å². The molecular weight excluding hydrogens is 264 g/mol. The summed E-state index contributed by atoms with van der Waals surface area (Å²) in [6, 6.07) is 3.24. The topological polar surface area (TPSA) is 74.5 Å². The number of aliphatic hydroxyl groups is 1. The quantitative estimate of drug-likeness (QED) is 0.788. The van der Waals surface area contributed by atoms with Gasteiger partial charge in [0.1, 0.15) is 11.5 Å². The lowest BCUT2D eigenvalue weighted by Gasteiger charge is -2.22. The van der Waals surface area contributed by atoms with E-state index in [4.69, 9.17) is 4.42 Å². The van der Waals surface area contributed by atoms with Gasteiger partial charge in [-0.1, -0.05) is 0 Å². The van der Waals surface area contributed by atoms with Crippen LogP contribution in [0.4, 0.5) is 4.79 Å². The van der Waals surface area contributed by atoms with Gasteiger partial charge in [0.25, 0.3) is 0 Å². The highest BCUT2D eigenvalue weighted by molar-refractivity contribution is 7.99. The number of urea groups is 1. The fourth-order valence-electron chi connectivity index (χ4n) is 1.99. The molecule has 1 aliphatic rings. The van der Waals surface area contributed by atoms with Gasteiger partial charge in [0.15, 0.2) is 0 Å². The van der Waals surface area contributed by atoms with Gasteiger partial charge >= 0.3 is 6.03 Å². The van der Waals surface area contributed by atoms with Gasteiger partial charge in [-0.05, 0) is 38.2 Å². The fourth-order valence-corrected chi connectivity index (χ4v) is 3.28. The summed E-state index contributed by atoms with van der Waals surface area (Å²) in [5, 5.41) is 15.6. The Bertz CT molecular complexity index is 441. The number of aryl methyl sites for hydroxylation is 1. The second-order valence-corrected chi connectivity index (χ2v) is 6.13. The van der Waals surface area contributed by atoms with Gasteiger partial charge in [-0.25, -0.2) is 4.79 Å². The van der Waals surface area contributed by atoms with Crippen molar-refractivity contribution < 1.29 is 14.3 Å². The number of carbonyl (C=O) groups excluding carboxylic acids is 1. The predicted octanol–water partition coefficient (Wildman–Crippen LogP) is 1.82. The molecule has 1 aromatic heterocycles. The Kier molecular flexibility index (Phi) is 4.42.